The Balaban J connectivity index is 1.57. The molecule has 0 fully saturated rings. The molecule has 0 radical (unpaired) electrons. The maximum absolute atomic E-state index is 12.9. The van der Waals surface area contributed by atoms with Crippen molar-refractivity contribution in [3.8, 4) is 0 Å². The molecule has 0 bridgehead atoms. The van der Waals surface area contributed by atoms with Crippen LogP contribution in [0.2, 0.25) is 0 Å². The Kier molecular flexibility index (Phi) is 6.10. The lowest BCUT2D eigenvalue weighted by Gasteiger charge is -2.17. The van der Waals surface area contributed by atoms with Gasteiger partial charge in [0, 0.05) is 26.2 Å². The van der Waals surface area contributed by atoms with Gasteiger partial charge in [0.2, 0.25) is 10.0 Å². The van der Waals surface area contributed by atoms with Crippen LogP contribution in [0, 0.1) is 6.92 Å². The van der Waals surface area contributed by atoms with E-state index in [-0.39, 0.29) is 11.4 Å². The van der Waals surface area contributed by atoms with E-state index in [2.05, 4.69) is 11.1 Å². The highest BCUT2D eigenvalue weighted by Crippen LogP contribution is 2.19. The third kappa shape index (κ3) is 4.43. The van der Waals surface area contributed by atoms with Gasteiger partial charge in [-0.25, -0.2) is 8.42 Å². The predicted octanol–water partition coefficient (Wildman–Crippen LogP) is 4.11. The highest BCUT2D eigenvalue weighted by atomic mass is 32.2. The maximum Gasteiger partial charge on any atom is 0.279 e. The second-order valence-electron chi connectivity index (χ2n) is 7.60. The van der Waals surface area contributed by atoms with Gasteiger partial charge >= 0.3 is 0 Å². The van der Waals surface area contributed by atoms with E-state index >= 15 is 0 Å². The lowest BCUT2D eigenvalue weighted by atomic mass is 10.2. The van der Waals surface area contributed by atoms with Crippen LogP contribution in [0.25, 0.3) is 10.2 Å². The molecule has 0 saturated heterocycles. The molecule has 0 atom stereocenters. The highest BCUT2D eigenvalue weighted by Gasteiger charge is 2.21. The van der Waals surface area contributed by atoms with E-state index in [1.165, 1.54) is 39.9 Å². The SMILES string of the molecule is Cc1ccc2c(c1)sc(=NC(=O)c1ccc(S(=O)(=O)N(C)Cc3ccccc3)cc1)n2C. The summed E-state index contributed by atoms with van der Waals surface area (Å²) in [5.41, 5.74) is 3.39. The van der Waals surface area contributed by atoms with Gasteiger partial charge in [0.15, 0.2) is 4.80 Å². The van der Waals surface area contributed by atoms with Crippen molar-refractivity contribution in [2.45, 2.75) is 18.4 Å². The third-order valence-electron chi connectivity index (χ3n) is 5.22. The summed E-state index contributed by atoms with van der Waals surface area (Å²) < 4.78 is 30.0. The van der Waals surface area contributed by atoms with Gasteiger partial charge < -0.3 is 4.57 Å². The van der Waals surface area contributed by atoms with Crippen molar-refractivity contribution in [2.24, 2.45) is 12.0 Å². The van der Waals surface area contributed by atoms with E-state index < -0.39 is 15.9 Å². The molecule has 0 aliphatic rings. The molecule has 4 rings (SSSR count). The number of aromatic nitrogens is 1. The summed E-state index contributed by atoms with van der Waals surface area (Å²) in [5.74, 6) is -0.412. The van der Waals surface area contributed by atoms with Crippen LogP contribution < -0.4 is 4.80 Å². The van der Waals surface area contributed by atoms with E-state index in [1.807, 2.05) is 61.0 Å². The van der Waals surface area contributed by atoms with E-state index in [0.29, 0.717) is 10.4 Å². The number of benzene rings is 3. The van der Waals surface area contributed by atoms with E-state index in [1.54, 1.807) is 7.05 Å². The molecule has 1 heterocycles. The number of thiazole rings is 1. The molecule has 3 aromatic carbocycles. The monoisotopic (exact) mass is 465 g/mol. The van der Waals surface area contributed by atoms with Crippen LogP contribution in [0.4, 0.5) is 0 Å². The molecule has 0 unspecified atom stereocenters. The van der Waals surface area contributed by atoms with Crippen molar-refractivity contribution in [3.05, 3.63) is 94.3 Å². The Hall–Kier alpha value is -3.07. The summed E-state index contributed by atoms with van der Waals surface area (Å²) in [4.78, 5) is 17.7. The normalized spacial score (nSPS) is 12.6. The molecule has 0 spiro atoms. The van der Waals surface area contributed by atoms with E-state index in [0.717, 1.165) is 21.3 Å². The fraction of sp³-hybridized carbons (Fsp3) is 0.167. The quantitative estimate of drug-likeness (QED) is 0.445. The van der Waals surface area contributed by atoms with Gasteiger partial charge in [0.25, 0.3) is 5.91 Å². The standard InChI is InChI=1S/C24H23N3O3S2/c1-17-9-14-21-22(15-17)31-24(27(21)3)25-23(28)19-10-12-20(13-11-19)32(29,30)26(2)16-18-7-5-4-6-8-18/h4-15H,16H2,1-3H3. The zero-order valence-corrected chi connectivity index (χ0v) is 19.7. The fourth-order valence-electron chi connectivity index (χ4n) is 3.37. The first-order valence-corrected chi connectivity index (χ1v) is 12.3. The Morgan fingerprint density at radius 1 is 1.03 bits per heavy atom. The zero-order valence-electron chi connectivity index (χ0n) is 18.0. The molecule has 1 amide bonds. The van der Waals surface area contributed by atoms with E-state index in [4.69, 9.17) is 0 Å². The van der Waals surface area contributed by atoms with Crippen LogP contribution in [0.15, 0.2) is 82.7 Å². The number of carbonyl (C=O) groups excluding carboxylic acids is 1. The first-order chi connectivity index (χ1) is 15.3. The molecular formula is C24H23N3O3S2. The van der Waals surface area contributed by atoms with Crippen LogP contribution in [-0.4, -0.2) is 30.2 Å². The van der Waals surface area contributed by atoms with Gasteiger partial charge in [0.1, 0.15) is 0 Å². The van der Waals surface area contributed by atoms with Gasteiger partial charge in [-0.15, -0.1) is 0 Å². The minimum Gasteiger partial charge on any atom is -0.319 e. The zero-order chi connectivity index (χ0) is 22.9. The van der Waals surface area contributed by atoms with E-state index in [9.17, 15) is 13.2 Å². The van der Waals surface area contributed by atoms with Crippen molar-refractivity contribution >= 4 is 37.5 Å². The van der Waals surface area contributed by atoms with Gasteiger partial charge in [-0.3, -0.25) is 4.79 Å². The van der Waals surface area contributed by atoms with Crippen molar-refractivity contribution in [1.82, 2.24) is 8.87 Å². The molecule has 4 aromatic rings. The smallest absolute Gasteiger partial charge is 0.279 e. The largest absolute Gasteiger partial charge is 0.319 e. The summed E-state index contributed by atoms with van der Waals surface area (Å²) in [6, 6.07) is 21.4. The number of carbonyl (C=O) groups is 1. The molecule has 1 aromatic heterocycles. The average Bonchev–Trinajstić information content (AvgIpc) is 3.08. The Morgan fingerprint density at radius 3 is 2.41 bits per heavy atom. The summed E-state index contributed by atoms with van der Waals surface area (Å²) in [6.45, 7) is 2.29. The number of aryl methyl sites for hydroxylation is 2. The molecule has 32 heavy (non-hydrogen) atoms. The summed E-state index contributed by atoms with van der Waals surface area (Å²) in [5, 5.41) is 0. The van der Waals surface area contributed by atoms with Crippen molar-refractivity contribution in [3.63, 3.8) is 0 Å². The Labute approximate surface area is 191 Å². The number of amides is 1. The number of fused-ring (bicyclic) bond motifs is 1. The second-order valence-corrected chi connectivity index (χ2v) is 10.7. The first kappa shape index (κ1) is 22.1. The van der Waals surface area contributed by atoms with Gasteiger partial charge in [-0.1, -0.05) is 47.7 Å². The highest BCUT2D eigenvalue weighted by molar-refractivity contribution is 7.89. The Morgan fingerprint density at radius 2 is 1.72 bits per heavy atom. The van der Waals surface area contributed by atoms with Gasteiger partial charge in [0.05, 0.1) is 15.1 Å². The van der Waals surface area contributed by atoms with Crippen LogP contribution in [0.1, 0.15) is 21.5 Å². The molecule has 0 aliphatic carbocycles. The summed E-state index contributed by atoms with van der Waals surface area (Å²) in [6.07, 6.45) is 0. The second kappa shape index (κ2) is 8.82. The molecular weight excluding hydrogens is 442 g/mol. The topological polar surface area (TPSA) is 71.7 Å². The van der Waals surface area contributed by atoms with Crippen LogP contribution in [0.3, 0.4) is 0 Å². The predicted molar refractivity (Wildman–Crippen MR) is 127 cm³/mol. The van der Waals surface area contributed by atoms with Crippen molar-refractivity contribution in [1.29, 1.82) is 0 Å². The molecule has 0 aliphatic heterocycles. The van der Waals surface area contributed by atoms with Crippen molar-refractivity contribution in [2.75, 3.05) is 7.05 Å². The van der Waals surface area contributed by atoms with Crippen LogP contribution in [0.5, 0.6) is 0 Å². The lowest BCUT2D eigenvalue weighted by Crippen LogP contribution is -2.26. The third-order valence-corrected chi connectivity index (χ3v) is 8.13. The number of hydrogen-bond donors (Lipinski definition) is 0. The van der Waals surface area contributed by atoms with Crippen LogP contribution >= 0.6 is 11.3 Å². The number of sulfonamides is 1. The number of nitrogens with zero attached hydrogens (tertiary/aromatic N) is 3. The van der Waals surface area contributed by atoms with Gasteiger partial charge in [-0.2, -0.15) is 9.30 Å². The van der Waals surface area contributed by atoms with Gasteiger partial charge in [-0.05, 0) is 54.4 Å². The molecule has 164 valence electrons. The average molecular weight is 466 g/mol. The number of hydrogen-bond acceptors (Lipinski definition) is 4. The minimum atomic E-state index is -3.68. The molecule has 8 heteroatoms. The maximum atomic E-state index is 12.9. The number of rotatable bonds is 5. The summed E-state index contributed by atoms with van der Waals surface area (Å²) in [7, 11) is -0.262. The lowest BCUT2D eigenvalue weighted by molar-refractivity contribution is 0.0998. The fourth-order valence-corrected chi connectivity index (χ4v) is 5.65. The van der Waals surface area contributed by atoms with Crippen molar-refractivity contribution < 1.29 is 13.2 Å². The molecule has 6 nitrogen and oxygen atoms in total. The summed E-state index contributed by atoms with van der Waals surface area (Å²) >= 11 is 1.45. The Bertz CT molecular complexity index is 1450. The first-order valence-electron chi connectivity index (χ1n) is 10.0. The minimum absolute atomic E-state index is 0.135. The molecule has 0 saturated carbocycles. The van der Waals surface area contributed by atoms with Crippen LogP contribution in [-0.2, 0) is 23.6 Å². The molecule has 0 N–H and O–H groups in total.